The smallest absolute Gasteiger partial charge is 0.189 e. The van der Waals surface area contributed by atoms with E-state index in [1.807, 2.05) is 28.8 Å². The number of halogens is 1. The predicted octanol–water partition coefficient (Wildman–Crippen LogP) is 3.09. The number of piperidine rings is 1. The summed E-state index contributed by atoms with van der Waals surface area (Å²) in [5.74, 6) is 0.844. The second kappa shape index (κ2) is 6.83. The molecule has 0 aliphatic carbocycles. The molecule has 1 unspecified atom stereocenters. The van der Waals surface area contributed by atoms with E-state index < -0.39 is 5.82 Å². The van der Waals surface area contributed by atoms with Crippen LogP contribution in [0.25, 0.3) is 16.6 Å². The molecule has 142 valence electrons. The maximum absolute atomic E-state index is 14.1. The van der Waals surface area contributed by atoms with Crippen LogP contribution in [0.1, 0.15) is 30.3 Å². The molecule has 1 saturated heterocycles. The summed E-state index contributed by atoms with van der Waals surface area (Å²) in [4.78, 5) is 17.8. The molecule has 1 aromatic carbocycles. The first kappa shape index (κ1) is 17.1. The fourth-order valence-corrected chi connectivity index (χ4v) is 4.16. The van der Waals surface area contributed by atoms with Crippen molar-refractivity contribution in [1.29, 1.82) is 0 Å². The van der Waals surface area contributed by atoms with Crippen molar-refractivity contribution >= 4 is 16.6 Å². The van der Waals surface area contributed by atoms with Crippen LogP contribution in [0, 0.1) is 5.82 Å². The Morgan fingerprint density at radius 2 is 2.11 bits per heavy atom. The molecule has 1 fully saturated rings. The maximum atomic E-state index is 14.1. The third kappa shape index (κ3) is 2.97. The molecule has 0 radical (unpaired) electrons. The molecule has 3 aromatic heterocycles. The Hall–Kier alpha value is -3.06. The van der Waals surface area contributed by atoms with E-state index in [2.05, 4.69) is 20.1 Å². The van der Waals surface area contributed by atoms with Crippen LogP contribution in [-0.4, -0.2) is 37.6 Å². The van der Waals surface area contributed by atoms with Gasteiger partial charge in [-0.2, -0.15) is 0 Å². The monoisotopic (exact) mass is 377 g/mol. The van der Waals surface area contributed by atoms with Crippen LogP contribution in [0.15, 0.2) is 53.5 Å². The highest BCUT2D eigenvalue weighted by Crippen LogP contribution is 2.27. The molecule has 5 rings (SSSR count). The van der Waals surface area contributed by atoms with Gasteiger partial charge in [0.15, 0.2) is 11.1 Å². The summed E-state index contributed by atoms with van der Waals surface area (Å²) in [6.45, 7) is 2.34. The van der Waals surface area contributed by atoms with E-state index in [0.717, 1.165) is 43.1 Å². The van der Waals surface area contributed by atoms with Crippen LogP contribution in [0.5, 0.6) is 0 Å². The van der Waals surface area contributed by atoms with Crippen LogP contribution < -0.4 is 5.43 Å². The molecule has 0 spiro atoms. The van der Waals surface area contributed by atoms with Gasteiger partial charge >= 0.3 is 0 Å². The average molecular weight is 377 g/mol. The zero-order chi connectivity index (χ0) is 19.1. The van der Waals surface area contributed by atoms with E-state index in [9.17, 15) is 9.18 Å². The first-order chi connectivity index (χ1) is 13.7. The molecule has 0 bridgehead atoms. The zero-order valence-corrected chi connectivity index (χ0v) is 15.3. The average Bonchev–Trinajstić information content (AvgIpc) is 3.13. The summed E-state index contributed by atoms with van der Waals surface area (Å²) >= 11 is 0. The molecule has 0 amide bonds. The third-order valence-electron chi connectivity index (χ3n) is 5.47. The van der Waals surface area contributed by atoms with Gasteiger partial charge in [-0.25, -0.2) is 4.39 Å². The number of hydrogen-bond acceptors (Lipinski definition) is 4. The topological polar surface area (TPSA) is 66.3 Å². The number of aromatic amines is 1. The lowest BCUT2D eigenvalue weighted by atomic mass is 9.97. The van der Waals surface area contributed by atoms with Crippen LogP contribution in [0.4, 0.5) is 4.39 Å². The number of nitrogens with zero attached hydrogens (tertiary/aromatic N) is 4. The SMILES string of the molecule is O=c1cc(CN2CCCC(c3nnc4ccccn34)C2)[nH]c2c(F)cccc12. The quantitative estimate of drug-likeness (QED) is 0.596. The van der Waals surface area contributed by atoms with Gasteiger partial charge < -0.3 is 4.98 Å². The van der Waals surface area contributed by atoms with E-state index in [-0.39, 0.29) is 16.9 Å². The summed E-state index contributed by atoms with van der Waals surface area (Å²) in [5.41, 5.74) is 1.71. The van der Waals surface area contributed by atoms with Crippen molar-refractivity contribution in [2.24, 2.45) is 0 Å². The number of benzene rings is 1. The van der Waals surface area contributed by atoms with Gasteiger partial charge in [0.1, 0.15) is 11.6 Å². The van der Waals surface area contributed by atoms with Gasteiger partial charge in [0.2, 0.25) is 0 Å². The van der Waals surface area contributed by atoms with Crippen molar-refractivity contribution in [1.82, 2.24) is 24.5 Å². The Bertz CT molecular complexity index is 1210. The van der Waals surface area contributed by atoms with Crippen molar-refractivity contribution in [2.45, 2.75) is 25.3 Å². The van der Waals surface area contributed by atoms with Crippen molar-refractivity contribution < 1.29 is 4.39 Å². The lowest BCUT2D eigenvalue weighted by Gasteiger charge is -2.31. The van der Waals surface area contributed by atoms with E-state index in [4.69, 9.17) is 0 Å². The minimum absolute atomic E-state index is 0.153. The molecule has 4 aromatic rings. The summed E-state index contributed by atoms with van der Waals surface area (Å²) < 4.78 is 16.2. The van der Waals surface area contributed by atoms with E-state index in [1.165, 1.54) is 6.07 Å². The number of aromatic nitrogens is 4. The molecule has 1 atom stereocenters. The van der Waals surface area contributed by atoms with E-state index in [0.29, 0.717) is 11.9 Å². The number of H-pyrrole nitrogens is 1. The molecule has 1 aliphatic heterocycles. The van der Waals surface area contributed by atoms with Crippen molar-refractivity contribution in [3.05, 3.63) is 76.2 Å². The second-order valence-corrected chi connectivity index (χ2v) is 7.38. The molecule has 1 aliphatic rings. The highest BCUT2D eigenvalue weighted by molar-refractivity contribution is 5.78. The Labute approximate surface area is 160 Å². The minimum atomic E-state index is -0.400. The van der Waals surface area contributed by atoms with Gasteiger partial charge in [0.05, 0.1) is 5.52 Å². The zero-order valence-electron chi connectivity index (χ0n) is 15.3. The minimum Gasteiger partial charge on any atom is -0.355 e. The van der Waals surface area contributed by atoms with Gasteiger partial charge in [-0.15, -0.1) is 10.2 Å². The van der Waals surface area contributed by atoms with Gasteiger partial charge in [0.25, 0.3) is 0 Å². The van der Waals surface area contributed by atoms with Crippen LogP contribution in [0.3, 0.4) is 0 Å². The Kier molecular flexibility index (Phi) is 4.16. The Balaban J connectivity index is 1.41. The van der Waals surface area contributed by atoms with Crippen LogP contribution in [0.2, 0.25) is 0 Å². The molecule has 4 heterocycles. The van der Waals surface area contributed by atoms with E-state index in [1.54, 1.807) is 18.2 Å². The Morgan fingerprint density at radius 3 is 3.04 bits per heavy atom. The molecular weight excluding hydrogens is 357 g/mol. The van der Waals surface area contributed by atoms with Crippen molar-refractivity contribution in [2.75, 3.05) is 13.1 Å². The standard InChI is InChI=1S/C21H20FN5O/c22-17-7-3-6-16-18(28)11-15(23-20(16)17)13-26-9-4-5-14(12-26)21-25-24-19-8-1-2-10-27(19)21/h1-3,6-8,10-11,14H,4-5,9,12-13H2,(H,23,28). The van der Waals surface area contributed by atoms with Crippen LogP contribution in [-0.2, 0) is 6.54 Å². The molecule has 7 heteroatoms. The normalized spacial score (nSPS) is 18.1. The summed E-state index contributed by atoms with van der Waals surface area (Å²) in [6, 6.07) is 12.0. The Morgan fingerprint density at radius 1 is 1.18 bits per heavy atom. The predicted molar refractivity (Wildman–Crippen MR) is 105 cm³/mol. The first-order valence-corrected chi connectivity index (χ1v) is 9.51. The molecule has 28 heavy (non-hydrogen) atoms. The molecule has 1 N–H and O–H groups in total. The number of fused-ring (bicyclic) bond motifs is 2. The fraction of sp³-hybridized carbons (Fsp3) is 0.286. The van der Waals surface area contributed by atoms with Gasteiger partial charge in [-0.05, 0) is 43.7 Å². The second-order valence-electron chi connectivity index (χ2n) is 7.38. The highest BCUT2D eigenvalue weighted by Gasteiger charge is 2.25. The molecule has 6 nitrogen and oxygen atoms in total. The lowest BCUT2D eigenvalue weighted by Crippen LogP contribution is -2.35. The van der Waals surface area contributed by atoms with Crippen molar-refractivity contribution in [3.8, 4) is 0 Å². The summed E-state index contributed by atoms with van der Waals surface area (Å²) in [5, 5.41) is 9.05. The van der Waals surface area contributed by atoms with Gasteiger partial charge in [0, 0.05) is 42.4 Å². The van der Waals surface area contributed by atoms with Gasteiger partial charge in [-0.1, -0.05) is 12.1 Å². The largest absolute Gasteiger partial charge is 0.355 e. The van der Waals surface area contributed by atoms with Crippen molar-refractivity contribution in [3.63, 3.8) is 0 Å². The van der Waals surface area contributed by atoms with Gasteiger partial charge in [-0.3, -0.25) is 14.1 Å². The number of hydrogen-bond donors (Lipinski definition) is 1. The number of likely N-dealkylation sites (tertiary alicyclic amines) is 1. The highest BCUT2D eigenvalue weighted by atomic mass is 19.1. The molecular formula is C21H20FN5O. The number of pyridine rings is 2. The molecule has 0 saturated carbocycles. The lowest BCUT2D eigenvalue weighted by molar-refractivity contribution is 0.194. The number of para-hydroxylation sites is 1. The number of rotatable bonds is 3. The summed E-state index contributed by atoms with van der Waals surface area (Å²) in [6.07, 6.45) is 4.08. The maximum Gasteiger partial charge on any atom is 0.189 e. The third-order valence-corrected chi connectivity index (χ3v) is 5.47. The van der Waals surface area contributed by atoms with E-state index >= 15 is 0 Å². The fourth-order valence-electron chi connectivity index (χ4n) is 4.16. The van der Waals surface area contributed by atoms with Crippen LogP contribution >= 0.6 is 0 Å². The number of nitrogens with one attached hydrogen (secondary N) is 1. The summed E-state index contributed by atoms with van der Waals surface area (Å²) in [7, 11) is 0. The first-order valence-electron chi connectivity index (χ1n) is 9.51.